The van der Waals surface area contributed by atoms with Crippen molar-refractivity contribution in [2.24, 2.45) is 0 Å². The topological polar surface area (TPSA) is 98.3 Å². The maximum Gasteiger partial charge on any atom is 0.347 e. The van der Waals surface area contributed by atoms with Gasteiger partial charge in [0.15, 0.2) is 5.13 Å². The zero-order chi connectivity index (χ0) is 19.0. The Morgan fingerprint density at radius 2 is 2.19 bits per heavy atom. The van der Waals surface area contributed by atoms with Crippen LogP contribution in [0.1, 0.15) is 32.3 Å². The number of carbonyl (C=O) groups is 2. The number of nitrogens with zero attached hydrogens (tertiary/aromatic N) is 2. The number of hydrogen-bond acceptors (Lipinski definition) is 5. The molecule has 3 rings (SSSR count). The number of hydrogen-bond donors (Lipinski definition) is 3. The van der Waals surface area contributed by atoms with Gasteiger partial charge in [-0.25, -0.2) is 14.2 Å². The fraction of sp³-hybridized carbons (Fsp3) is 0.400. The molecule has 0 spiro atoms. The Hall–Kier alpha value is -1.84. The number of aromatic carboxylic acids is 1. The second-order valence-corrected chi connectivity index (χ2v) is 7.66. The van der Waals surface area contributed by atoms with E-state index in [0.29, 0.717) is 23.8 Å². The molecular formula is C15H15Cl2FN4O3S. The van der Waals surface area contributed by atoms with Crippen molar-refractivity contribution >= 4 is 51.5 Å². The first-order valence-corrected chi connectivity index (χ1v) is 9.27. The molecule has 2 aromatic heterocycles. The molecule has 26 heavy (non-hydrogen) atoms. The minimum atomic E-state index is -1.34. The smallest absolute Gasteiger partial charge is 0.347 e. The van der Waals surface area contributed by atoms with Crippen molar-refractivity contribution in [3.63, 3.8) is 0 Å². The van der Waals surface area contributed by atoms with Crippen molar-refractivity contribution in [2.75, 3.05) is 18.0 Å². The molecule has 7 nitrogen and oxygen atoms in total. The van der Waals surface area contributed by atoms with E-state index in [9.17, 15) is 14.0 Å². The molecule has 2 aromatic rings. The van der Waals surface area contributed by atoms with E-state index in [-0.39, 0.29) is 27.2 Å². The Labute approximate surface area is 162 Å². The predicted molar refractivity (Wildman–Crippen MR) is 97.6 cm³/mol. The van der Waals surface area contributed by atoms with Crippen LogP contribution in [0.2, 0.25) is 10.0 Å². The highest BCUT2D eigenvalue weighted by Crippen LogP contribution is 2.30. The molecule has 2 atom stereocenters. The van der Waals surface area contributed by atoms with Gasteiger partial charge >= 0.3 is 5.97 Å². The van der Waals surface area contributed by atoms with Gasteiger partial charge in [0.1, 0.15) is 16.7 Å². The number of carboxylic acids is 1. The standard InChI is InChI=1S/C15H15Cl2FN4O3S/c1-6-10(16)11(17)12(20-6)13(23)21-8-2-3-22(5-7(8)18)15-19-4-9(26-15)14(24)25/h4,7-8,20H,2-3,5H2,1H3,(H,21,23)(H,24,25)/t7-,8-/m1/s1. The summed E-state index contributed by atoms with van der Waals surface area (Å²) in [6.45, 7) is 2.13. The number of H-pyrrole nitrogens is 1. The number of rotatable bonds is 4. The summed E-state index contributed by atoms with van der Waals surface area (Å²) in [5.41, 5.74) is 0.668. The lowest BCUT2D eigenvalue weighted by atomic mass is 10.0. The molecule has 1 aliphatic heterocycles. The van der Waals surface area contributed by atoms with Crippen LogP contribution in [-0.2, 0) is 0 Å². The number of nitrogens with one attached hydrogen (secondary N) is 2. The lowest BCUT2D eigenvalue weighted by Crippen LogP contribution is -2.52. The number of carbonyl (C=O) groups excluding carboxylic acids is 1. The van der Waals surface area contributed by atoms with Gasteiger partial charge in [0.05, 0.1) is 28.8 Å². The quantitative estimate of drug-likeness (QED) is 0.705. The number of carboxylic acid groups (broad SMARTS) is 1. The van der Waals surface area contributed by atoms with Crippen LogP contribution >= 0.6 is 34.5 Å². The monoisotopic (exact) mass is 420 g/mol. The Bertz CT molecular complexity index is 856. The van der Waals surface area contributed by atoms with Crippen molar-refractivity contribution in [2.45, 2.75) is 25.6 Å². The fourth-order valence-electron chi connectivity index (χ4n) is 2.72. The number of halogens is 3. The molecule has 11 heteroatoms. The number of thiazole rings is 1. The number of aromatic nitrogens is 2. The maximum atomic E-state index is 14.5. The summed E-state index contributed by atoms with van der Waals surface area (Å²) in [6, 6.07) is -0.684. The molecular weight excluding hydrogens is 406 g/mol. The Balaban J connectivity index is 1.64. The summed E-state index contributed by atoms with van der Waals surface area (Å²) < 4.78 is 14.5. The van der Waals surface area contributed by atoms with Crippen LogP contribution in [0.3, 0.4) is 0 Å². The first-order chi connectivity index (χ1) is 12.3. The Morgan fingerprint density at radius 3 is 2.73 bits per heavy atom. The number of anilines is 1. The molecule has 0 radical (unpaired) electrons. The van der Waals surface area contributed by atoms with Crippen LogP contribution in [0.15, 0.2) is 6.20 Å². The van der Waals surface area contributed by atoms with E-state index < -0.39 is 24.1 Å². The number of piperidine rings is 1. The van der Waals surface area contributed by atoms with E-state index in [1.165, 1.54) is 6.20 Å². The van der Waals surface area contributed by atoms with Crippen molar-refractivity contribution in [1.82, 2.24) is 15.3 Å². The summed E-state index contributed by atoms with van der Waals surface area (Å²) in [5.74, 6) is -1.59. The lowest BCUT2D eigenvalue weighted by molar-refractivity contribution is 0.0701. The third-order valence-corrected chi connectivity index (χ3v) is 6.11. The largest absolute Gasteiger partial charge is 0.477 e. The van der Waals surface area contributed by atoms with Crippen LogP contribution in [0.25, 0.3) is 0 Å². The number of amides is 1. The normalized spacial score (nSPS) is 20.2. The molecule has 3 N–H and O–H groups in total. The molecule has 1 aliphatic rings. The van der Waals surface area contributed by atoms with Crippen LogP contribution in [0, 0.1) is 6.92 Å². The van der Waals surface area contributed by atoms with Crippen molar-refractivity contribution in [3.8, 4) is 0 Å². The second kappa shape index (κ2) is 7.42. The molecule has 140 valence electrons. The van der Waals surface area contributed by atoms with E-state index in [4.69, 9.17) is 28.3 Å². The van der Waals surface area contributed by atoms with E-state index in [1.54, 1.807) is 11.8 Å². The van der Waals surface area contributed by atoms with Crippen LogP contribution in [0.4, 0.5) is 9.52 Å². The van der Waals surface area contributed by atoms with E-state index in [0.717, 1.165) is 11.3 Å². The Kier molecular flexibility index (Phi) is 5.40. The third kappa shape index (κ3) is 3.65. The van der Waals surface area contributed by atoms with Gasteiger partial charge in [0.2, 0.25) is 0 Å². The fourth-order valence-corrected chi connectivity index (χ4v) is 3.93. The molecule has 1 saturated heterocycles. The van der Waals surface area contributed by atoms with Gasteiger partial charge in [-0.2, -0.15) is 0 Å². The minimum absolute atomic E-state index is 0.00968. The van der Waals surface area contributed by atoms with Gasteiger partial charge < -0.3 is 20.3 Å². The van der Waals surface area contributed by atoms with Crippen LogP contribution < -0.4 is 10.2 Å². The zero-order valence-corrected chi connectivity index (χ0v) is 15.9. The third-order valence-electron chi connectivity index (χ3n) is 4.11. The van der Waals surface area contributed by atoms with Crippen molar-refractivity contribution in [3.05, 3.63) is 32.5 Å². The summed E-state index contributed by atoms with van der Waals surface area (Å²) in [4.78, 5) is 31.9. The average molecular weight is 421 g/mol. The summed E-state index contributed by atoms with van der Waals surface area (Å²) in [7, 11) is 0. The maximum absolute atomic E-state index is 14.5. The number of aryl methyl sites for hydroxylation is 1. The lowest BCUT2D eigenvalue weighted by Gasteiger charge is -2.34. The van der Waals surface area contributed by atoms with Crippen LogP contribution in [0.5, 0.6) is 0 Å². The highest BCUT2D eigenvalue weighted by atomic mass is 35.5. The second-order valence-electron chi connectivity index (χ2n) is 5.90. The first kappa shape index (κ1) is 18.9. The summed E-state index contributed by atoms with van der Waals surface area (Å²) >= 11 is 13.0. The highest BCUT2D eigenvalue weighted by molar-refractivity contribution is 7.17. The van der Waals surface area contributed by atoms with Gasteiger partial charge in [-0.1, -0.05) is 34.5 Å². The van der Waals surface area contributed by atoms with E-state index >= 15 is 0 Å². The van der Waals surface area contributed by atoms with Crippen LogP contribution in [-0.4, -0.2) is 52.3 Å². The van der Waals surface area contributed by atoms with Gasteiger partial charge in [-0.15, -0.1) is 0 Å². The zero-order valence-electron chi connectivity index (χ0n) is 13.6. The molecule has 0 unspecified atom stereocenters. The number of alkyl halides is 1. The van der Waals surface area contributed by atoms with Gasteiger partial charge in [0, 0.05) is 12.2 Å². The Morgan fingerprint density at radius 1 is 1.46 bits per heavy atom. The molecule has 0 bridgehead atoms. The molecule has 3 heterocycles. The van der Waals surface area contributed by atoms with Crippen molar-refractivity contribution in [1.29, 1.82) is 0 Å². The summed E-state index contributed by atoms with van der Waals surface area (Å²) in [5, 5.41) is 12.4. The molecule has 0 saturated carbocycles. The van der Waals surface area contributed by atoms with Gasteiger partial charge in [-0.3, -0.25) is 4.79 Å². The highest BCUT2D eigenvalue weighted by Gasteiger charge is 2.33. The summed E-state index contributed by atoms with van der Waals surface area (Å²) in [6.07, 6.45) is 0.262. The van der Waals surface area contributed by atoms with Gasteiger partial charge in [-0.05, 0) is 13.3 Å². The van der Waals surface area contributed by atoms with E-state index in [2.05, 4.69) is 15.3 Å². The molecule has 1 fully saturated rings. The molecule has 0 aliphatic carbocycles. The molecule has 1 amide bonds. The molecule has 0 aromatic carbocycles. The predicted octanol–water partition coefficient (Wildman–Crippen LogP) is 3.13. The minimum Gasteiger partial charge on any atom is -0.477 e. The number of aromatic amines is 1. The average Bonchev–Trinajstić information content (AvgIpc) is 3.18. The van der Waals surface area contributed by atoms with Crippen molar-refractivity contribution < 1.29 is 19.1 Å². The van der Waals surface area contributed by atoms with Gasteiger partial charge in [0.25, 0.3) is 5.91 Å². The SMILES string of the molecule is Cc1[nH]c(C(=O)N[C@@H]2CCN(c3ncc(C(=O)O)s3)C[C@H]2F)c(Cl)c1Cl. The first-order valence-electron chi connectivity index (χ1n) is 7.70. The van der Waals surface area contributed by atoms with E-state index in [1.807, 2.05) is 0 Å².